The van der Waals surface area contributed by atoms with Crippen LogP contribution in [0.25, 0.3) is 10.1 Å². The summed E-state index contributed by atoms with van der Waals surface area (Å²) in [5, 5.41) is 1.61. The van der Waals surface area contributed by atoms with Crippen molar-refractivity contribution in [1.29, 1.82) is 0 Å². The van der Waals surface area contributed by atoms with Crippen molar-refractivity contribution in [2.75, 3.05) is 19.6 Å². The standard InChI is InChI=1S/C16H14BrClN2O2S/c17-15-10-6-13(23-12(10)4-3-11(15)18)16(22)19-7-9(8-19)20-5-1-2-14(20)21/h3-4,6,9H,1-2,5,7-8H2. The van der Waals surface area contributed by atoms with E-state index >= 15 is 0 Å². The molecule has 4 rings (SSSR count). The number of benzene rings is 1. The Labute approximate surface area is 151 Å². The molecule has 120 valence electrons. The Hall–Kier alpha value is -1.11. The molecule has 1 aromatic heterocycles. The van der Waals surface area contributed by atoms with Crippen molar-refractivity contribution in [1.82, 2.24) is 9.80 Å². The number of carbonyl (C=O) groups is 2. The van der Waals surface area contributed by atoms with Gasteiger partial charge in [-0.15, -0.1) is 11.3 Å². The molecule has 0 saturated carbocycles. The molecule has 2 fully saturated rings. The van der Waals surface area contributed by atoms with Crippen molar-refractivity contribution in [3.8, 4) is 0 Å². The third-order valence-electron chi connectivity index (χ3n) is 4.50. The molecule has 2 aliphatic heterocycles. The van der Waals surface area contributed by atoms with Gasteiger partial charge in [0.05, 0.1) is 15.9 Å². The van der Waals surface area contributed by atoms with Crippen LogP contribution in [0.15, 0.2) is 22.7 Å². The van der Waals surface area contributed by atoms with Crippen LogP contribution in [0.1, 0.15) is 22.5 Å². The zero-order valence-corrected chi connectivity index (χ0v) is 15.4. The lowest BCUT2D eigenvalue weighted by atomic mass is 10.1. The zero-order valence-electron chi connectivity index (χ0n) is 12.2. The van der Waals surface area contributed by atoms with Gasteiger partial charge < -0.3 is 9.80 Å². The molecule has 0 aliphatic carbocycles. The predicted molar refractivity (Wildman–Crippen MR) is 95.2 cm³/mol. The van der Waals surface area contributed by atoms with Gasteiger partial charge >= 0.3 is 0 Å². The summed E-state index contributed by atoms with van der Waals surface area (Å²) in [4.78, 5) is 28.8. The molecule has 23 heavy (non-hydrogen) atoms. The predicted octanol–water partition coefficient (Wildman–Crippen LogP) is 3.76. The lowest BCUT2D eigenvalue weighted by Crippen LogP contribution is -2.61. The van der Waals surface area contributed by atoms with E-state index < -0.39 is 0 Å². The maximum Gasteiger partial charge on any atom is 0.264 e. The Morgan fingerprint density at radius 2 is 2.13 bits per heavy atom. The summed E-state index contributed by atoms with van der Waals surface area (Å²) < 4.78 is 1.87. The summed E-state index contributed by atoms with van der Waals surface area (Å²) in [5.41, 5.74) is 0. The summed E-state index contributed by atoms with van der Waals surface area (Å²) in [7, 11) is 0. The van der Waals surface area contributed by atoms with Crippen molar-refractivity contribution in [2.24, 2.45) is 0 Å². The average molecular weight is 414 g/mol. The Morgan fingerprint density at radius 1 is 1.35 bits per heavy atom. The van der Waals surface area contributed by atoms with Crippen LogP contribution in [-0.4, -0.2) is 47.3 Å². The number of thiophene rings is 1. The molecule has 0 radical (unpaired) electrons. The Kier molecular flexibility index (Phi) is 3.86. The van der Waals surface area contributed by atoms with Gasteiger partial charge in [-0.2, -0.15) is 0 Å². The number of likely N-dealkylation sites (tertiary alicyclic amines) is 2. The summed E-state index contributed by atoms with van der Waals surface area (Å²) in [5.74, 6) is 0.264. The van der Waals surface area contributed by atoms with E-state index in [0.29, 0.717) is 29.4 Å². The summed E-state index contributed by atoms with van der Waals surface area (Å²) in [6.07, 6.45) is 1.59. The molecule has 1 aromatic carbocycles. The van der Waals surface area contributed by atoms with Crippen LogP contribution < -0.4 is 0 Å². The van der Waals surface area contributed by atoms with Gasteiger partial charge in [-0.1, -0.05) is 11.6 Å². The zero-order chi connectivity index (χ0) is 16.1. The topological polar surface area (TPSA) is 40.6 Å². The summed E-state index contributed by atoms with van der Waals surface area (Å²) in [6, 6.07) is 5.86. The number of nitrogens with zero attached hydrogens (tertiary/aromatic N) is 2. The van der Waals surface area contributed by atoms with Crippen molar-refractivity contribution < 1.29 is 9.59 Å². The summed E-state index contributed by atoms with van der Waals surface area (Å²) >= 11 is 11.1. The number of amides is 2. The second-order valence-corrected chi connectivity index (χ2v) is 8.22. The highest BCUT2D eigenvalue weighted by Crippen LogP contribution is 2.37. The fourth-order valence-electron chi connectivity index (χ4n) is 3.19. The maximum absolute atomic E-state index is 12.6. The van der Waals surface area contributed by atoms with Gasteiger partial charge in [-0.3, -0.25) is 9.59 Å². The minimum atomic E-state index is 0.0390. The molecular weight excluding hydrogens is 400 g/mol. The average Bonchev–Trinajstić information content (AvgIpc) is 3.09. The Balaban J connectivity index is 1.50. The molecule has 3 heterocycles. The monoisotopic (exact) mass is 412 g/mol. The fourth-order valence-corrected chi connectivity index (χ4v) is 4.98. The van der Waals surface area contributed by atoms with E-state index in [0.717, 1.165) is 27.5 Å². The third kappa shape index (κ3) is 2.57. The van der Waals surface area contributed by atoms with E-state index in [1.807, 2.05) is 28.0 Å². The number of hydrogen-bond acceptors (Lipinski definition) is 3. The van der Waals surface area contributed by atoms with Crippen LogP contribution in [0, 0.1) is 0 Å². The lowest BCUT2D eigenvalue weighted by Gasteiger charge is -2.43. The van der Waals surface area contributed by atoms with Gasteiger partial charge in [0.2, 0.25) is 5.91 Å². The minimum absolute atomic E-state index is 0.0390. The van der Waals surface area contributed by atoms with Gasteiger partial charge in [0.25, 0.3) is 5.91 Å². The van der Waals surface area contributed by atoms with Crippen molar-refractivity contribution in [3.05, 3.63) is 32.6 Å². The first-order chi connectivity index (χ1) is 11.0. The highest BCUT2D eigenvalue weighted by molar-refractivity contribution is 9.10. The van der Waals surface area contributed by atoms with Gasteiger partial charge in [0.15, 0.2) is 0 Å². The molecule has 0 bridgehead atoms. The fraction of sp³-hybridized carbons (Fsp3) is 0.375. The van der Waals surface area contributed by atoms with Gasteiger partial charge in [0, 0.05) is 40.6 Å². The smallest absolute Gasteiger partial charge is 0.264 e. The van der Waals surface area contributed by atoms with Crippen LogP contribution in [0.5, 0.6) is 0 Å². The molecule has 0 atom stereocenters. The van der Waals surface area contributed by atoms with Crippen molar-refractivity contribution in [3.63, 3.8) is 0 Å². The highest BCUT2D eigenvalue weighted by Gasteiger charge is 2.39. The Morgan fingerprint density at radius 3 is 2.83 bits per heavy atom. The van der Waals surface area contributed by atoms with Crippen LogP contribution in [-0.2, 0) is 4.79 Å². The molecule has 0 spiro atoms. The van der Waals surface area contributed by atoms with Crippen LogP contribution >= 0.6 is 38.9 Å². The molecule has 0 N–H and O–H groups in total. The Bertz CT molecular complexity index is 816. The van der Waals surface area contributed by atoms with E-state index in [-0.39, 0.29) is 17.9 Å². The summed E-state index contributed by atoms with van der Waals surface area (Å²) in [6.45, 7) is 2.11. The van der Waals surface area contributed by atoms with Crippen LogP contribution in [0.4, 0.5) is 0 Å². The third-order valence-corrected chi connectivity index (χ3v) is 6.98. The highest BCUT2D eigenvalue weighted by atomic mass is 79.9. The maximum atomic E-state index is 12.6. The van der Waals surface area contributed by atoms with E-state index in [1.54, 1.807) is 0 Å². The SMILES string of the molecule is O=C(c1cc2c(Br)c(Cl)ccc2s1)N1CC(N2CCCC2=O)C1. The van der Waals surface area contributed by atoms with Crippen molar-refractivity contribution >= 4 is 60.8 Å². The first-order valence-corrected chi connectivity index (χ1v) is 9.49. The van der Waals surface area contributed by atoms with E-state index in [9.17, 15) is 9.59 Å². The quantitative estimate of drug-likeness (QED) is 0.752. The second-order valence-electron chi connectivity index (χ2n) is 5.94. The van der Waals surface area contributed by atoms with E-state index in [2.05, 4.69) is 15.9 Å². The van der Waals surface area contributed by atoms with Crippen molar-refractivity contribution in [2.45, 2.75) is 18.9 Å². The van der Waals surface area contributed by atoms with Gasteiger partial charge in [-0.05, 0) is 40.5 Å². The first kappa shape index (κ1) is 15.4. The van der Waals surface area contributed by atoms with Gasteiger partial charge in [0.1, 0.15) is 0 Å². The molecule has 2 amide bonds. The second kappa shape index (κ2) is 5.76. The van der Waals surface area contributed by atoms with E-state index in [4.69, 9.17) is 11.6 Å². The molecular formula is C16H14BrClN2O2S. The first-order valence-electron chi connectivity index (χ1n) is 7.51. The molecule has 2 saturated heterocycles. The molecule has 0 unspecified atom stereocenters. The minimum Gasteiger partial charge on any atom is -0.336 e. The number of halogens is 2. The molecule has 4 nitrogen and oxygen atoms in total. The molecule has 2 aromatic rings. The number of carbonyl (C=O) groups excluding carboxylic acids is 2. The van der Waals surface area contributed by atoms with Crippen LogP contribution in [0.2, 0.25) is 5.02 Å². The van der Waals surface area contributed by atoms with E-state index in [1.165, 1.54) is 11.3 Å². The van der Waals surface area contributed by atoms with Gasteiger partial charge in [-0.25, -0.2) is 0 Å². The van der Waals surface area contributed by atoms with Crippen LogP contribution in [0.3, 0.4) is 0 Å². The molecule has 7 heteroatoms. The lowest BCUT2D eigenvalue weighted by molar-refractivity contribution is -0.132. The number of rotatable bonds is 2. The largest absolute Gasteiger partial charge is 0.336 e. The molecule has 2 aliphatic rings. The normalized spacial score (nSPS) is 18.8. The number of hydrogen-bond donors (Lipinski definition) is 0. The number of fused-ring (bicyclic) bond motifs is 1.